The molecule has 126 valence electrons. The van der Waals surface area contributed by atoms with Gasteiger partial charge in [-0.15, -0.1) is 0 Å². The molecule has 0 atom stereocenters. The monoisotopic (exact) mass is 356 g/mol. The minimum atomic E-state index is -1.16. The molecule has 4 nitrogen and oxygen atoms in total. The Morgan fingerprint density at radius 2 is 1.70 bits per heavy atom. The third-order valence-electron chi connectivity index (χ3n) is 4.20. The minimum Gasteiger partial charge on any atom is -0.342 e. The lowest BCUT2D eigenvalue weighted by molar-refractivity contribution is -0.146. The van der Waals surface area contributed by atoms with Crippen molar-refractivity contribution in [1.82, 2.24) is 4.90 Å². The molecule has 2 rings (SSSR count). The van der Waals surface area contributed by atoms with Gasteiger partial charge in [0.15, 0.2) is 0 Å². The number of hydrogen-bond donors (Lipinski definition) is 1. The second kappa shape index (κ2) is 7.54. The van der Waals surface area contributed by atoms with Crippen molar-refractivity contribution < 1.29 is 9.59 Å². The molecule has 0 saturated carbocycles. The Kier molecular flexibility index (Phi) is 5.93. The number of halogens is 2. The van der Waals surface area contributed by atoms with Crippen molar-refractivity contribution in [1.29, 1.82) is 0 Å². The lowest BCUT2D eigenvalue weighted by Crippen LogP contribution is -2.47. The first kappa shape index (κ1) is 18.1. The van der Waals surface area contributed by atoms with Gasteiger partial charge in [-0.05, 0) is 38.8 Å². The zero-order chi connectivity index (χ0) is 17.0. The Labute approximate surface area is 147 Å². The maximum Gasteiger partial charge on any atom is 0.239 e. The number of rotatable bonds is 3. The Morgan fingerprint density at radius 1 is 1.09 bits per heavy atom. The zero-order valence-electron chi connectivity index (χ0n) is 13.5. The summed E-state index contributed by atoms with van der Waals surface area (Å²) in [4.78, 5) is 27.2. The summed E-state index contributed by atoms with van der Waals surface area (Å²) in [5.41, 5.74) is -0.739. The van der Waals surface area contributed by atoms with Crippen molar-refractivity contribution in [3.63, 3.8) is 0 Å². The van der Waals surface area contributed by atoms with E-state index in [9.17, 15) is 9.59 Å². The second-order valence-electron chi connectivity index (χ2n) is 6.39. The fraction of sp³-hybridized carbons (Fsp3) is 0.529. The highest BCUT2D eigenvalue weighted by Crippen LogP contribution is 2.31. The van der Waals surface area contributed by atoms with Crippen LogP contribution in [-0.2, 0) is 9.59 Å². The number of nitrogens with zero attached hydrogens (tertiary/aromatic N) is 1. The molecule has 0 unspecified atom stereocenters. The molecule has 1 fully saturated rings. The molecule has 0 spiro atoms. The van der Waals surface area contributed by atoms with Crippen molar-refractivity contribution in [2.45, 2.75) is 39.5 Å². The molecular weight excluding hydrogens is 335 g/mol. The van der Waals surface area contributed by atoms with Crippen LogP contribution >= 0.6 is 23.2 Å². The Bertz CT molecular complexity index is 594. The predicted octanol–water partition coefficient (Wildman–Crippen LogP) is 4.36. The minimum absolute atomic E-state index is 0.143. The van der Waals surface area contributed by atoms with Crippen LogP contribution in [0.2, 0.25) is 10.0 Å². The van der Waals surface area contributed by atoms with Crippen molar-refractivity contribution in [2.24, 2.45) is 5.41 Å². The van der Waals surface area contributed by atoms with E-state index >= 15 is 0 Å². The van der Waals surface area contributed by atoms with Crippen LogP contribution in [0.15, 0.2) is 18.2 Å². The standard InChI is InChI=1S/C17H22Cl2N2O2/c1-17(2,16(23)21-10-5-3-4-6-11-21)15(22)20-13-9-7-8-12(18)14(13)19/h7-9H,3-6,10-11H2,1-2H3,(H,20,22). The Morgan fingerprint density at radius 3 is 2.30 bits per heavy atom. The molecule has 0 aliphatic carbocycles. The molecule has 1 heterocycles. The largest absolute Gasteiger partial charge is 0.342 e. The first-order chi connectivity index (χ1) is 10.8. The summed E-state index contributed by atoms with van der Waals surface area (Å²) >= 11 is 12.1. The van der Waals surface area contributed by atoms with E-state index < -0.39 is 5.41 Å². The topological polar surface area (TPSA) is 49.4 Å². The van der Waals surface area contributed by atoms with Crippen LogP contribution in [0.3, 0.4) is 0 Å². The van der Waals surface area contributed by atoms with E-state index in [1.807, 2.05) is 0 Å². The maximum absolute atomic E-state index is 12.8. The number of amides is 2. The van der Waals surface area contributed by atoms with Gasteiger partial charge in [0.25, 0.3) is 0 Å². The molecule has 1 aromatic rings. The van der Waals surface area contributed by atoms with Crippen molar-refractivity contribution >= 4 is 40.7 Å². The van der Waals surface area contributed by atoms with Gasteiger partial charge in [-0.3, -0.25) is 9.59 Å². The van der Waals surface area contributed by atoms with Crippen LogP contribution in [0.1, 0.15) is 39.5 Å². The van der Waals surface area contributed by atoms with E-state index in [0.29, 0.717) is 23.8 Å². The zero-order valence-corrected chi connectivity index (χ0v) is 15.0. The van der Waals surface area contributed by atoms with Crippen LogP contribution in [0.5, 0.6) is 0 Å². The van der Waals surface area contributed by atoms with Gasteiger partial charge in [0, 0.05) is 13.1 Å². The van der Waals surface area contributed by atoms with Gasteiger partial charge >= 0.3 is 0 Å². The number of carbonyl (C=O) groups excluding carboxylic acids is 2. The second-order valence-corrected chi connectivity index (χ2v) is 7.17. The molecule has 1 aromatic carbocycles. The first-order valence-corrected chi connectivity index (χ1v) is 8.64. The first-order valence-electron chi connectivity index (χ1n) is 7.89. The van der Waals surface area contributed by atoms with E-state index in [-0.39, 0.29) is 16.8 Å². The van der Waals surface area contributed by atoms with Gasteiger partial charge in [0.1, 0.15) is 5.41 Å². The molecular formula is C17H22Cl2N2O2. The fourth-order valence-corrected chi connectivity index (χ4v) is 2.99. The molecule has 2 amide bonds. The molecule has 1 N–H and O–H groups in total. The van der Waals surface area contributed by atoms with Gasteiger partial charge in [-0.1, -0.05) is 42.1 Å². The summed E-state index contributed by atoms with van der Waals surface area (Å²) in [5, 5.41) is 3.36. The third kappa shape index (κ3) is 4.18. The Hall–Kier alpha value is -1.26. The van der Waals surface area contributed by atoms with E-state index in [0.717, 1.165) is 25.7 Å². The van der Waals surface area contributed by atoms with Gasteiger partial charge in [-0.2, -0.15) is 0 Å². The average Bonchev–Trinajstić information content (AvgIpc) is 2.80. The summed E-state index contributed by atoms with van der Waals surface area (Å²) in [7, 11) is 0. The number of likely N-dealkylation sites (tertiary alicyclic amines) is 1. The van der Waals surface area contributed by atoms with Gasteiger partial charge in [-0.25, -0.2) is 0 Å². The third-order valence-corrected chi connectivity index (χ3v) is 5.01. The van der Waals surface area contributed by atoms with E-state index in [4.69, 9.17) is 23.2 Å². The van der Waals surface area contributed by atoms with Crippen LogP contribution in [0.25, 0.3) is 0 Å². The summed E-state index contributed by atoms with van der Waals surface area (Å²) in [6.07, 6.45) is 4.25. The van der Waals surface area contributed by atoms with Crippen molar-refractivity contribution in [2.75, 3.05) is 18.4 Å². The lowest BCUT2D eigenvalue weighted by atomic mass is 9.90. The average molecular weight is 357 g/mol. The molecule has 1 saturated heterocycles. The van der Waals surface area contributed by atoms with Crippen molar-refractivity contribution in [3.05, 3.63) is 28.2 Å². The number of hydrogen-bond acceptors (Lipinski definition) is 2. The molecule has 0 bridgehead atoms. The molecule has 0 aromatic heterocycles. The number of carbonyl (C=O) groups is 2. The van der Waals surface area contributed by atoms with Crippen molar-refractivity contribution in [3.8, 4) is 0 Å². The van der Waals surface area contributed by atoms with Gasteiger partial charge < -0.3 is 10.2 Å². The lowest BCUT2D eigenvalue weighted by Gasteiger charge is -2.30. The highest BCUT2D eigenvalue weighted by Gasteiger charge is 2.39. The smallest absolute Gasteiger partial charge is 0.239 e. The Balaban J connectivity index is 2.12. The van der Waals surface area contributed by atoms with E-state index in [1.54, 1.807) is 36.9 Å². The predicted molar refractivity (Wildman–Crippen MR) is 93.9 cm³/mol. The number of anilines is 1. The number of benzene rings is 1. The highest BCUT2D eigenvalue weighted by molar-refractivity contribution is 6.44. The summed E-state index contributed by atoms with van der Waals surface area (Å²) in [6.45, 7) is 4.73. The SMILES string of the molecule is CC(C)(C(=O)Nc1cccc(Cl)c1Cl)C(=O)N1CCCCCC1. The van der Waals surface area contributed by atoms with E-state index in [1.165, 1.54) is 0 Å². The number of nitrogens with one attached hydrogen (secondary N) is 1. The molecule has 1 aliphatic rings. The molecule has 1 aliphatic heterocycles. The van der Waals surface area contributed by atoms with Crippen LogP contribution in [0.4, 0.5) is 5.69 Å². The van der Waals surface area contributed by atoms with E-state index in [2.05, 4.69) is 5.32 Å². The normalized spacial score (nSPS) is 15.9. The van der Waals surface area contributed by atoms with Crippen LogP contribution < -0.4 is 5.32 Å². The quantitative estimate of drug-likeness (QED) is 0.817. The van der Waals surface area contributed by atoms with Crippen LogP contribution in [0, 0.1) is 5.41 Å². The molecule has 6 heteroatoms. The molecule has 0 radical (unpaired) electrons. The summed E-state index contributed by atoms with van der Waals surface area (Å²) in [5.74, 6) is -0.522. The maximum atomic E-state index is 12.8. The summed E-state index contributed by atoms with van der Waals surface area (Å²) in [6, 6.07) is 5.01. The fourth-order valence-electron chi connectivity index (χ4n) is 2.65. The molecule has 23 heavy (non-hydrogen) atoms. The highest BCUT2D eigenvalue weighted by atomic mass is 35.5. The van der Waals surface area contributed by atoms with Gasteiger partial charge in [0.05, 0.1) is 15.7 Å². The van der Waals surface area contributed by atoms with Gasteiger partial charge in [0.2, 0.25) is 11.8 Å². The van der Waals surface area contributed by atoms with Crippen LogP contribution in [-0.4, -0.2) is 29.8 Å². The summed E-state index contributed by atoms with van der Waals surface area (Å²) < 4.78 is 0.